The minimum absolute atomic E-state index is 0.0450. The van der Waals surface area contributed by atoms with Crippen LogP contribution in [0.5, 0.6) is 5.75 Å². The van der Waals surface area contributed by atoms with Crippen LogP contribution in [0.3, 0.4) is 0 Å². The van der Waals surface area contributed by atoms with Crippen molar-refractivity contribution in [3.8, 4) is 5.75 Å². The summed E-state index contributed by atoms with van der Waals surface area (Å²) in [7, 11) is 0. The molecule has 0 aromatic heterocycles. The van der Waals surface area contributed by atoms with Gasteiger partial charge in [0, 0.05) is 37.3 Å². The normalized spacial score (nSPS) is 19.9. The Balaban J connectivity index is 1.33. The summed E-state index contributed by atoms with van der Waals surface area (Å²) < 4.78 is 5.75. The Morgan fingerprint density at radius 3 is 2.74 bits per heavy atom. The summed E-state index contributed by atoms with van der Waals surface area (Å²) in [6, 6.07) is 17.3. The summed E-state index contributed by atoms with van der Waals surface area (Å²) in [5.74, 6) is 0.881. The Morgan fingerprint density at radius 2 is 1.89 bits per heavy atom. The summed E-state index contributed by atoms with van der Waals surface area (Å²) in [5.41, 5.74) is 1.97. The van der Waals surface area contributed by atoms with Gasteiger partial charge in [0.25, 0.3) is 0 Å². The second-order valence-corrected chi connectivity index (χ2v) is 6.98. The van der Waals surface area contributed by atoms with Gasteiger partial charge in [-0.3, -0.25) is 14.5 Å². The molecule has 2 aromatic rings. The molecule has 1 N–H and O–H groups in total. The van der Waals surface area contributed by atoms with E-state index in [-0.39, 0.29) is 17.9 Å². The lowest BCUT2D eigenvalue weighted by atomic mass is 10.2. The molecule has 1 fully saturated rings. The fourth-order valence-corrected chi connectivity index (χ4v) is 3.65. The second kappa shape index (κ2) is 7.80. The van der Waals surface area contributed by atoms with Crippen LogP contribution in [0.1, 0.15) is 12.0 Å². The number of anilines is 1. The molecule has 2 heterocycles. The van der Waals surface area contributed by atoms with E-state index in [1.54, 1.807) is 4.90 Å². The SMILES string of the molecule is O=C(CN1CCOc2ccccc2C1)N[C@@H]1CC(=O)N(c2ccccc2)C1. The Kier molecular flexibility index (Phi) is 5.07. The Labute approximate surface area is 158 Å². The zero-order valence-electron chi connectivity index (χ0n) is 15.1. The topological polar surface area (TPSA) is 61.9 Å². The highest BCUT2D eigenvalue weighted by molar-refractivity contribution is 5.96. The maximum Gasteiger partial charge on any atom is 0.234 e. The second-order valence-electron chi connectivity index (χ2n) is 6.98. The Morgan fingerprint density at radius 1 is 1.11 bits per heavy atom. The lowest BCUT2D eigenvalue weighted by molar-refractivity contribution is -0.123. The summed E-state index contributed by atoms with van der Waals surface area (Å²) in [4.78, 5) is 28.6. The van der Waals surface area contributed by atoms with E-state index in [0.717, 1.165) is 17.0 Å². The van der Waals surface area contributed by atoms with E-state index in [0.29, 0.717) is 39.2 Å². The number of hydrogen-bond acceptors (Lipinski definition) is 4. The highest BCUT2D eigenvalue weighted by atomic mass is 16.5. The van der Waals surface area contributed by atoms with Crippen molar-refractivity contribution in [2.45, 2.75) is 19.0 Å². The van der Waals surface area contributed by atoms with Crippen LogP contribution in [0.4, 0.5) is 5.69 Å². The van der Waals surface area contributed by atoms with Gasteiger partial charge >= 0.3 is 0 Å². The van der Waals surface area contributed by atoms with Crippen molar-refractivity contribution in [3.05, 3.63) is 60.2 Å². The zero-order chi connectivity index (χ0) is 18.6. The van der Waals surface area contributed by atoms with Crippen LogP contribution < -0.4 is 15.0 Å². The van der Waals surface area contributed by atoms with Gasteiger partial charge in [-0.1, -0.05) is 36.4 Å². The smallest absolute Gasteiger partial charge is 0.234 e. The molecule has 0 radical (unpaired) electrons. The standard InChI is InChI=1S/C21H23N3O3/c25-20(15-23-10-11-27-19-9-5-4-6-16(19)13-23)22-17-12-21(26)24(14-17)18-7-2-1-3-8-18/h1-9,17H,10-15H2,(H,22,25)/t17-/m1/s1. The predicted molar refractivity (Wildman–Crippen MR) is 103 cm³/mol. The molecule has 0 spiro atoms. The van der Waals surface area contributed by atoms with Crippen molar-refractivity contribution < 1.29 is 14.3 Å². The average molecular weight is 365 g/mol. The number of carbonyl (C=O) groups excluding carboxylic acids is 2. The van der Waals surface area contributed by atoms with Crippen molar-refractivity contribution in [2.75, 3.05) is 31.1 Å². The van der Waals surface area contributed by atoms with Gasteiger partial charge in [0.05, 0.1) is 12.6 Å². The van der Waals surface area contributed by atoms with Gasteiger partial charge in [0.1, 0.15) is 12.4 Å². The van der Waals surface area contributed by atoms with Gasteiger partial charge in [-0.15, -0.1) is 0 Å². The van der Waals surface area contributed by atoms with Crippen LogP contribution in [0.15, 0.2) is 54.6 Å². The zero-order valence-corrected chi connectivity index (χ0v) is 15.1. The molecule has 2 aliphatic heterocycles. The largest absolute Gasteiger partial charge is 0.492 e. The van der Waals surface area contributed by atoms with E-state index in [9.17, 15) is 9.59 Å². The van der Waals surface area contributed by atoms with Crippen LogP contribution in [0.25, 0.3) is 0 Å². The van der Waals surface area contributed by atoms with Gasteiger partial charge in [-0.2, -0.15) is 0 Å². The summed E-state index contributed by atoms with van der Waals surface area (Å²) >= 11 is 0. The fraction of sp³-hybridized carbons (Fsp3) is 0.333. The van der Waals surface area contributed by atoms with Crippen LogP contribution in [-0.4, -0.2) is 49.0 Å². The van der Waals surface area contributed by atoms with Crippen molar-refractivity contribution in [1.29, 1.82) is 0 Å². The highest BCUT2D eigenvalue weighted by Gasteiger charge is 2.31. The molecule has 27 heavy (non-hydrogen) atoms. The van der Waals surface area contributed by atoms with Gasteiger partial charge in [-0.05, 0) is 18.2 Å². The van der Waals surface area contributed by atoms with Gasteiger partial charge in [-0.25, -0.2) is 0 Å². The molecule has 2 aliphatic rings. The van der Waals surface area contributed by atoms with Crippen LogP contribution in [0.2, 0.25) is 0 Å². The van der Waals surface area contributed by atoms with Crippen molar-refractivity contribution in [3.63, 3.8) is 0 Å². The van der Waals surface area contributed by atoms with Gasteiger partial charge in [0.15, 0.2) is 0 Å². The van der Waals surface area contributed by atoms with Crippen LogP contribution in [0, 0.1) is 0 Å². The monoisotopic (exact) mass is 365 g/mol. The summed E-state index contributed by atoms with van der Waals surface area (Å²) in [6.07, 6.45) is 0.340. The molecule has 2 amide bonds. The van der Waals surface area contributed by atoms with E-state index >= 15 is 0 Å². The number of para-hydroxylation sites is 2. The first-order valence-electron chi connectivity index (χ1n) is 9.27. The molecule has 6 nitrogen and oxygen atoms in total. The molecule has 4 rings (SSSR count). The third kappa shape index (κ3) is 4.11. The van der Waals surface area contributed by atoms with Crippen molar-refractivity contribution in [1.82, 2.24) is 10.2 Å². The molecule has 1 atom stereocenters. The number of carbonyl (C=O) groups is 2. The molecule has 0 unspecified atom stereocenters. The maximum atomic E-state index is 12.5. The third-order valence-electron chi connectivity index (χ3n) is 4.96. The lowest BCUT2D eigenvalue weighted by Crippen LogP contribution is -2.43. The third-order valence-corrected chi connectivity index (χ3v) is 4.96. The number of nitrogens with zero attached hydrogens (tertiary/aromatic N) is 2. The maximum absolute atomic E-state index is 12.5. The van der Waals surface area contributed by atoms with Crippen LogP contribution in [-0.2, 0) is 16.1 Å². The number of fused-ring (bicyclic) bond motifs is 1. The number of benzene rings is 2. The molecular formula is C21H23N3O3. The van der Waals surface area contributed by atoms with E-state index in [1.807, 2.05) is 54.6 Å². The number of nitrogens with one attached hydrogen (secondary N) is 1. The van der Waals surface area contributed by atoms with Gasteiger partial charge in [0.2, 0.25) is 11.8 Å². The molecule has 0 bridgehead atoms. The van der Waals surface area contributed by atoms with E-state index in [4.69, 9.17) is 4.74 Å². The summed E-state index contributed by atoms with van der Waals surface area (Å²) in [5, 5.41) is 3.02. The van der Waals surface area contributed by atoms with Crippen molar-refractivity contribution in [2.24, 2.45) is 0 Å². The van der Waals surface area contributed by atoms with E-state index < -0.39 is 0 Å². The number of rotatable bonds is 4. The Hall–Kier alpha value is -2.86. The minimum Gasteiger partial charge on any atom is -0.492 e. The molecule has 0 aliphatic carbocycles. The molecule has 1 saturated heterocycles. The first kappa shape index (κ1) is 17.5. The van der Waals surface area contributed by atoms with E-state index in [2.05, 4.69) is 10.2 Å². The first-order chi connectivity index (χ1) is 13.2. The Bertz CT molecular complexity index is 824. The average Bonchev–Trinajstić information content (AvgIpc) is 2.91. The molecule has 2 aromatic carbocycles. The number of ether oxygens (including phenoxy) is 1. The fourth-order valence-electron chi connectivity index (χ4n) is 3.65. The predicted octanol–water partition coefficient (Wildman–Crippen LogP) is 1.80. The lowest BCUT2D eigenvalue weighted by Gasteiger charge is -2.21. The minimum atomic E-state index is -0.152. The highest BCUT2D eigenvalue weighted by Crippen LogP contribution is 2.23. The molecule has 140 valence electrons. The molecular weight excluding hydrogens is 342 g/mol. The quantitative estimate of drug-likeness (QED) is 0.898. The number of hydrogen-bond donors (Lipinski definition) is 1. The number of amides is 2. The summed E-state index contributed by atoms with van der Waals surface area (Å²) in [6.45, 7) is 2.76. The first-order valence-corrected chi connectivity index (χ1v) is 9.27. The van der Waals surface area contributed by atoms with Gasteiger partial charge < -0.3 is 15.0 Å². The van der Waals surface area contributed by atoms with Crippen molar-refractivity contribution >= 4 is 17.5 Å². The molecule has 6 heteroatoms. The van der Waals surface area contributed by atoms with E-state index in [1.165, 1.54) is 0 Å². The molecule has 0 saturated carbocycles. The van der Waals surface area contributed by atoms with Crippen LogP contribution >= 0.6 is 0 Å².